The Labute approximate surface area is 128 Å². The van der Waals surface area contributed by atoms with E-state index in [9.17, 15) is 4.79 Å². The van der Waals surface area contributed by atoms with Crippen molar-refractivity contribution >= 4 is 6.29 Å². The maximum atomic E-state index is 11.7. The number of benzene rings is 1. The average molecular weight is 288 g/mol. The molecule has 21 heavy (non-hydrogen) atoms. The number of carbonyl (C=O) groups is 1. The van der Waals surface area contributed by atoms with E-state index in [0.29, 0.717) is 0 Å². The molecule has 0 aliphatic carbocycles. The van der Waals surface area contributed by atoms with E-state index < -0.39 is 5.41 Å². The molecule has 0 radical (unpaired) electrons. The Morgan fingerprint density at radius 2 is 1.90 bits per heavy atom. The summed E-state index contributed by atoms with van der Waals surface area (Å²) in [6.45, 7) is 6.31. The number of hydrogen-bond donors (Lipinski definition) is 0. The summed E-state index contributed by atoms with van der Waals surface area (Å²) in [5, 5.41) is 0. The predicted octanol–water partition coefficient (Wildman–Crippen LogP) is 2.42. The Bertz CT molecular complexity index is 440. The highest BCUT2D eigenvalue weighted by Gasteiger charge is 2.28. The monoisotopic (exact) mass is 288 g/mol. The van der Waals surface area contributed by atoms with Crippen molar-refractivity contribution in [2.75, 3.05) is 40.3 Å². The first-order chi connectivity index (χ1) is 10.0. The third kappa shape index (κ3) is 4.39. The lowest BCUT2D eigenvalue weighted by Crippen LogP contribution is -2.42. The van der Waals surface area contributed by atoms with Crippen LogP contribution in [0.5, 0.6) is 0 Å². The van der Waals surface area contributed by atoms with Crippen molar-refractivity contribution < 1.29 is 4.79 Å². The molecule has 0 saturated carbocycles. The molecule has 1 heterocycles. The molecule has 3 heteroatoms. The molecule has 1 saturated heterocycles. The standard InChI is InChI=1S/C18H28N2O/c1-18(15-21,17-7-5-4-6-8-17)14-20(3)13-16-9-11-19(2)12-10-16/h4-8,15-16H,9-14H2,1-3H3. The average Bonchev–Trinajstić information content (AvgIpc) is 2.50. The quantitative estimate of drug-likeness (QED) is 0.751. The SMILES string of the molecule is CN1CCC(CN(C)CC(C)(C=O)c2ccccc2)CC1. The summed E-state index contributed by atoms with van der Waals surface area (Å²) in [5.74, 6) is 0.762. The van der Waals surface area contributed by atoms with Gasteiger partial charge in [-0.1, -0.05) is 30.3 Å². The van der Waals surface area contributed by atoms with Gasteiger partial charge in [0.1, 0.15) is 6.29 Å². The van der Waals surface area contributed by atoms with E-state index >= 15 is 0 Å². The predicted molar refractivity (Wildman–Crippen MR) is 87.6 cm³/mol. The van der Waals surface area contributed by atoms with E-state index in [1.54, 1.807) is 0 Å². The minimum atomic E-state index is -0.415. The molecule has 0 bridgehead atoms. The third-order valence-electron chi connectivity index (χ3n) is 4.70. The van der Waals surface area contributed by atoms with Gasteiger partial charge in [0, 0.05) is 13.1 Å². The molecule has 1 atom stereocenters. The fourth-order valence-electron chi connectivity index (χ4n) is 3.33. The maximum Gasteiger partial charge on any atom is 0.131 e. The second-order valence-corrected chi connectivity index (χ2v) is 6.84. The molecule has 1 fully saturated rings. The van der Waals surface area contributed by atoms with Crippen molar-refractivity contribution in [3.63, 3.8) is 0 Å². The molecule has 1 aliphatic rings. The summed E-state index contributed by atoms with van der Waals surface area (Å²) in [6, 6.07) is 10.1. The summed E-state index contributed by atoms with van der Waals surface area (Å²) in [7, 11) is 4.34. The van der Waals surface area contributed by atoms with Gasteiger partial charge in [-0.15, -0.1) is 0 Å². The van der Waals surface area contributed by atoms with Crippen LogP contribution in [0.3, 0.4) is 0 Å². The lowest BCUT2D eigenvalue weighted by atomic mass is 9.83. The number of likely N-dealkylation sites (N-methyl/N-ethyl adjacent to an activating group) is 1. The molecule has 2 rings (SSSR count). The van der Waals surface area contributed by atoms with Gasteiger partial charge < -0.3 is 14.6 Å². The van der Waals surface area contributed by atoms with Crippen LogP contribution in [0.15, 0.2) is 30.3 Å². The fraction of sp³-hybridized carbons (Fsp3) is 0.611. The molecule has 0 spiro atoms. The summed E-state index contributed by atoms with van der Waals surface area (Å²) >= 11 is 0. The largest absolute Gasteiger partial charge is 0.306 e. The normalized spacial score (nSPS) is 20.4. The van der Waals surface area contributed by atoms with E-state index in [0.717, 1.165) is 30.9 Å². The van der Waals surface area contributed by atoms with Crippen LogP contribution in [-0.4, -0.2) is 56.4 Å². The summed E-state index contributed by atoms with van der Waals surface area (Å²) < 4.78 is 0. The molecule has 1 aliphatic heterocycles. The Morgan fingerprint density at radius 1 is 1.29 bits per heavy atom. The van der Waals surface area contributed by atoms with Gasteiger partial charge in [0.15, 0.2) is 0 Å². The van der Waals surface area contributed by atoms with Gasteiger partial charge in [-0.25, -0.2) is 0 Å². The van der Waals surface area contributed by atoms with Gasteiger partial charge in [-0.2, -0.15) is 0 Å². The highest BCUT2D eigenvalue weighted by atomic mass is 16.1. The first kappa shape index (κ1) is 16.2. The first-order valence-electron chi connectivity index (χ1n) is 7.92. The number of hydrogen-bond acceptors (Lipinski definition) is 3. The van der Waals surface area contributed by atoms with Gasteiger partial charge in [0.05, 0.1) is 5.41 Å². The zero-order valence-corrected chi connectivity index (χ0v) is 13.6. The Hall–Kier alpha value is -1.19. The molecule has 3 nitrogen and oxygen atoms in total. The molecule has 0 aromatic heterocycles. The van der Waals surface area contributed by atoms with Crippen molar-refractivity contribution in [2.24, 2.45) is 5.92 Å². The number of likely N-dealkylation sites (tertiary alicyclic amines) is 1. The van der Waals surface area contributed by atoms with E-state index in [1.807, 2.05) is 25.1 Å². The van der Waals surface area contributed by atoms with E-state index in [4.69, 9.17) is 0 Å². The molecule has 0 amide bonds. The molecular formula is C18H28N2O. The van der Waals surface area contributed by atoms with Crippen molar-refractivity contribution in [1.29, 1.82) is 0 Å². The van der Waals surface area contributed by atoms with Gasteiger partial charge in [-0.3, -0.25) is 0 Å². The summed E-state index contributed by atoms with van der Waals surface area (Å²) in [5.41, 5.74) is 0.691. The van der Waals surface area contributed by atoms with Crippen LogP contribution in [0.2, 0.25) is 0 Å². The van der Waals surface area contributed by atoms with Crippen molar-refractivity contribution in [1.82, 2.24) is 9.80 Å². The van der Waals surface area contributed by atoms with Crippen molar-refractivity contribution in [2.45, 2.75) is 25.2 Å². The molecule has 1 unspecified atom stereocenters. The van der Waals surface area contributed by atoms with Crippen molar-refractivity contribution in [3.05, 3.63) is 35.9 Å². The Morgan fingerprint density at radius 3 is 2.48 bits per heavy atom. The van der Waals surface area contributed by atoms with Gasteiger partial charge in [-0.05, 0) is 58.4 Å². The highest BCUT2D eigenvalue weighted by Crippen LogP contribution is 2.24. The molecular weight excluding hydrogens is 260 g/mol. The number of rotatable bonds is 6. The molecule has 0 N–H and O–H groups in total. The number of nitrogens with zero attached hydrogens (tertiary/aromatic N) is 2. The van der Waals surface area contributed by atoms with Crippen LogP contribution in [0.1, 0.15) is 25.3 Å². The summed E-state index contributed by atoms with van der Waals surface area (Å²) in [6.07, 6.45) is 3.64. The molecule has 116 valence electrons. The second kappa shape index (κ2) is 7.19. The van der Waals surface area contributed by atoms with Crippen LogP contribution in [0.25, 0.3) is 0 Å². The Balaban J connectivity index is 1.93. The second-order valence-electron chi connectivity index (χ2n) is 6.84. The van der Waals surface area contributed by atoms with Crippen LogP contribution in [0, 0.1) is 5.92 Å². The lowest BCUT2D eigenvalue weighted by molar-refractivity contribution is -0.112. The zero-order chi connectivity index (χ0) is 15.3. The minimum absolute atomic E-state index is 0.415. The fourth-order valence-corrected chi connectivity index (χ4v) is 3.33. The highest BCUT2D eigenvalue weighted by molar-refractivity contribution is 5.68. The van der Waals surface area contributed by atoms with E-state index in [-0.39, 0.29) is 0 Å². The van der Waals surface area contributed by atoms with Crippen LogP contribution < -0.4 is 0 Å². The van der Waals surface area contributed by atoms with E-state index in [2.05, 4.69) is 36.0 Å². The minimum Gasteiger partial charge on any atom is -0.306 e. The molecule has 1 aromatic rings. The number of carbonyl (C=O) groups excluding carboxylic acids is 1. The maximum absolute atomic E-state index is 11.7. The van der Waals surface area contributed by atoms with E-state index in [1.165, 1.54) is 25.9 Å². The lowest BCUT2D eigenvalue weighted by Gasteiger charge is -2.34. The van der Waals surface area contributed by atoms with Crippen LogP contribution >= 0.6 is 0 Å². The first-order valence-corrected chi connectivity index (χ1v) is 7.92. The third-order valence-corrected chi connectivity index (χ3v) is 4.70. The van der Waals surface area contributed by atoms with Crippen LogP contribution in [-0.2, 0) is 10.2 Å². The van der Waals surface area contributed by atoms with Crippen LogP contribution in [0.4, 0.5) is 0 Å². The topological polar surface area (TPSA) is 23.6 Å². The van der Waals surface area contributed by atoms with Gasteiger partial charge in [0.25, 0.3) is 0 Å². The number of piperidine rings is 1. The van der Waals surface area contributed by atoms with Gasteiger partial charge >= 0.3 is 0 Å². The smallest absolute Gasteiger partial charge is 0.131 e. The molecule has 1 aromatic carbocycles. The summed E-state index contributed by atoms with van der Waals surface area (Å²) in [4.78, 5) is 16.4. The van der Waals surface area contributed by atoms with Crippen molar-refractivity contribution in [3.8, 4) is 0 Å². The number of aldehydes is 1. The zero-order valence-electron chi connectivity index (χ0n) is 13.6. The van der Waals surface area contributed by atoms with Gasteiger partial charge in [0.2, 0.25) is 0 Å². The Kier molecular flexibility index (Phi) is 5.54.